The van der Waals surface area contributed by atoms with Crippen LogP contribution in [-0.2, 0) is 0 Å². The van der Waals surface area contributed by atoms with Gasteiger partial charge in [0.15, 0.2) is 0 Å². The molecule has 3 aromatic rings. The van der Waals surface area contributed by atoms with E-state index in [4.69, 9.17) is 16.3 Å². The number of aromatic nitrogens is 3. The number of nitrogens with zero attached hydrogens (tertiary/aromatic N) is 3. The second-order valence-corrected chi connectivity index (χ2v) is 6.18. The highest BCUT2D eigenvalue weighted by molar-refractivity contribution is 6.31. The minimum atomic E-state index is 0.0696. The summed E-state index contributed by atoms with van der Waals surface area (Å²) in [6.45, 7) is 0. The molecule has 0 unspecified atom stereocenters. The maximum atomic E-state index is 6.40. The second-order valence-electron chi connectivity index (χ2n) is 5.77. The highest BCUT2D eigenvalue weighted by atomic mass is 35.5. The lowest BCUT2D eigenvalue weighted by molar-refractivity contribution is 0.406. The number of hydrogen-bond acceptors (Lipinski definition) is 4. The van der Waals surface area contributed by atoms with Crippen LogP contribution >= 0.6 is 11.6 Å². The summed E-state index contributed by atoms with van der Waals surface area (Å²) in [6, 6.07) is 16.1. The topological polar surface area (TPSA) is 52.0 Å². The number of benzene rings is 2. The number of hydrogen-bond donors (Lipinski definition) is 1. The van der Waals surface area contributed by atoms with Gasteiger partial charge in [-0.2, -0.15) is 10.1 Å². The van der Waals surface area contributed by atoms with E-state index >= 15 is 0 Å². The fourth-order valence-corrected chi connectivity index (χ4v) is 3.48. The van der Waals surface area contributed by atoms with Crippen LogP contribution in [0.2, 0.25) is 5.02 Å². The molecule has 0 aliphatic carbocycles. The Hall–Kier alpha value is -2.53. The lowest BCUT2D eigenvalue weighted by Crippen LogP contribution is -2.28. The molecule has 2 heterocycles. The van der Waals surface area contributed by atoms with Crippen LogP contribution in [0.5, 0.6) is 5.75 Å². The average molecular weight is 341 g/mol. The van der Waals surface area contributed by atoms with E-state index in [1.807, 2.05) is 41.1 Å². The lowest BCUT2D eigenvalue weighted by atomic mass is 9.93. The van der Waals surface area contributed by atoms with E-state index in [9.17, 15) is 0 Å². The molecule has 6 heteroatoms. The van der Waals surface area contributed by atoms with E-state index in [1.165, 1.54) is 0 Å². The first kappa shape index (κ1) is 15.0. The first-order valence-corrected chi connectivity index (χ1v) is 8.18. The Morgan fingerprint density at radius 3 is 2.92 bits per heavy atom. The lowest BCUT2D eigenvalue weighted by Gasteiger charge is -2.32. The largest absolute Gasteiger partial charge is 0.497 e. The fraction of sp³-hybridized carbons (Fsp3) is 0.222. The van der Waals surface area contributed by atoms with Gasteiger partial charge in [0.25, 0.3) is 0 Å². The van der Waals surface area contributed by atoms with Crippen molar-refractivity contribution in [3.05, 3.63) is 71.0 Å². The van der Waals surface area contributed by atoms with Crippen LogP contribution in [0.15, 0.2) is 54.9 Å². The van der Waals surface area contributed by atoms with Gasteiger partial charge in [-0.1, -0.05) is 41.9 Å². The molecular formula is C18H17ClN4O. The smallest absolute Gasteiger partial charge is 0.222 e. The van der Waals surface area contributed by atoms with E-state index in [1.54, 1.807) is 13.4 Å². The van der Waals surface area contributed by atoms with E-state index in [2.05, 4.69) is 27.5 Å². The zero-order valence-corrected chi connectivity index (χ0v) is 13.9. The molecule has 1 aliphatic rings. The molecule has 0 amide bonds. The predicted octanol–water partition coefficient (Wildman–Crippen LogP) is 4.09. The normalized spacial score (nSPS) is 19.4. The average Bonchev–Trinajstić information content (AvgIpc) is 3.10. The summed E-state index contributed by atoms with van der Waals surface area (Å²) >= 11 is 6.40. The van der Waals surface area contributed by atoms with Crippen LogP contribution in [-0.4, -0.2) is 21.9 Å². The van der Waals surface area contributed by atoms with Gasteiger partial charge in [-0.3, -0.25) is 0 Å². The van der Waals surface area contributed by atoms with Crippen molar-refractivity contribution >= 4 is 17.5 Å². The van der Waals surface area contributed by atoms with Gasteiger partial charge in [0.05, 0.1) is 19.2 Å². The summed E-state index contributed by atoms with van der Waals surface area (Å²) in [5, 5.41) is 8.58. The van der Waals surface area contributed by atoms with Gasteiger partial charge in [-0.05, 0) is 35.7 Å². The van der Waals surface area contributed by atoms with Crippen molar-refractivity contribution in [2.24, 2.45) is 0 Å². The number of ether oxygens (including phenoxy) is 1. The minimum absolute atomic E-state index is 0.0696. The van der Waals surface area contributed by atoms with Gasteiger partial charge in [-0.15, -0.1) is 0 Å². The van der Waals surface area contributed by atoms with Crippen molar-refractivity contribution in [3.63, 3.8) is 0 Å². The van der Waals surface area contributed by atoms with Crippen LogP contribution in [0, 0.1) is 0 Å². The summed E-state index contributed by atoms with van der Waals surface area (Å²) in [7, 11) is 1.68. The van der Waals surface area contributed by atoms with Crippen LogP contribution in [0.25, 0.3) is 0 Å². The van der Waals surface area contributed by atoms with Crippen molar-refractivity contribution in [2.45, 2.75) is 18.5 Å². The molecule has 2 atom stereocenters. The number of rotatable bonds is 3. The molecule has 0 bridgehead atoms. The van der Waals surface area contributed by atoms with E-state index in [0.717, 1.165) is 34.3 Å². The van der Waals surface area contributed by atoms with Gasteiger partial charge in [0.1, 0.15) is 12.1 Å². The molecule has 1 aromatic heterocycles. The van der Waals surface area contributed by atoms with Crippen molar-refractivity contribution in [1.29, 1.82) is 0 Å². The molecule has 1 aliphatic heterocycles. The van der Waals surface area contributed by atoms with Crippen LogP contribution in [0.1, 0.15) is 29.6 Å². The van der Waals surface area contributed by atoms with Crippen molar-refractivity contribution in [2.75, 3.05) is 12.4 Å². The summed E-state index contributed by atoms with van der Waals surface area (Å²) in [5.41, 5.74) is 2.21. The maximum Gasteiger partial charge on any atom is 0.222 e. The zero-order valence-electron chi connectivity index (χ0n) is 13.2. The first-order valence-electron chi connectivity index (χ1n) is 7.80. The Bertz CT molecular complexity index is 863. The third kappa shape index (κ3) is 2.61. The van der Waals surface area contributed by atoms with E-state index < -0.39 is 0 Å². The molecule has 0 fully saturated rings. The predicted molar refractivity (Wildman–Crippen MR) is 93.6 cm³/mol. The SMILES string of the molecule is COc1cccc([C@@H]2C[C@H](c3ccccc3Cl)Nc3ncnn32)c1. The molecule has 0 saturated carbocycles. The molecule has 24 heavy (non-hydrogen) atoms. The molecule has 0 radical (unpaired) electrons. The monoisotopic (exact) mass is 340 g/mol. The summed E-state index contributed by atoms with van der Waals surface area (Å²) in [5.74, 6) is 1.58. The number of nitrogens with one attached hydrogen (secondary N) is 1. The molecule has 2 aromatic carbocycles. The van der Waals surface area contributed by atoms with Crippen molar-refractivity contribution < 1.29 is 4.74 Å². The third-order valence-corrected chi connectivity index (χ3v) is 4.73. The molecule has 0 spiro atoms. The van der Waals surface area contributed by atoms with Gasteiger partial charge < -0.3 is 10.1 Å². The van der Waals surface area contributed by atoms with Gasteiger partial charge >= 0.3 is 0 Å². The fourth-order valence-electron chi connectivity index (χ4n) is 3.21. The Kier molecular flexibility index (Phi) is 3.86. The highest BCUT2D eigenvalue weighted by Crippen LogP contribution is 2.39. The second kappa shape index (κ2) is 6.17. The van der Waals surface area contributed by atoms with Gasteiger partial charge in [-0.25, -0.2) is 4.68 Å². The van der Waals surface area contributed by atoms with Gasteiger partial charge in [0, 0.05) is 5.02 Å². The number of methoxy groups -OCH3 is 1. The number of anilines is 1. The van der Waals surface area contributed by atoms with E-state index in [-0.39, 0.29) is 12.1 Å². The molecule has 4 rings (SSSR count). The minimum Gasteiger partial charge on any atom is -0.497 e. The number of fused-ring (bicyclic) bond motifs is 1. The Labute approximate surface area is 145 Å². The summed E-state index contributed by atoms with van der Waals surface area (Å²) < 4.78 is 7.28. The first-order chi connectivity index (χ1) is 11.8. The van der Waals surface area contributed by atoms with Crippen LogP contribution in [0.3, 0.4) is 0 Å². The standard InChI is InChI=1S/C18H17ClN4O/c1-24-13-6-4-5-12(9-13)17-10-16(14-7-2-3-8-15(14)19)22-18-20-11-21-23(17)18/h2-9,11,16-17H,10H2,1H3,(H,20,21,22)/t16-,17+/m1/s1. The van der Waals surface area contributed by atoms with Crippen molar-refractivity contribution in [1.82, 2.24) is 14.8 Å². The maximum absolute atomic E-state index is 6.40. The Balaban J connectivity index is 1.75. The molecule has 1 N–H and O–H groups in total. The highest BCUT2D eigenvalue weighted by Gasteiger charge is 2.30. The molecule has 0 saturated heterocycles. The third-order valence-electron chi connectivity index (χ3n) is 4.39. The zero-order chi connectivity index (χ0) is 16.5. The van der Waals surface area contributed by atoms with Crippen LogP contribution in [0.4, 0.5) is 5.95 Å². The quantitative estimate of drug-likeness (QED) is 0.780. The van der Waals surface area contributed by atoms with Gasteiger partial charge in [0.2, 0.25) is 5.95 Å². The number of halogens is 1. The summed E-state index contributed by atoms with van der Waals surface area (Å²) in [4.78, 5) is 4.35. The molecular weight excluding hydrogens is 324 g/mol. The summed E-state index contributed by atoms with van der Waals surface area (Å²) in [6.07, 6.45) is 2.40. The van der Waals surface area contributed by atoms with Crippen LogP contribution < -0.4 is 10.1 Å². The van der Waals surface area contributed by atoms with E-state index in [0.29, 0.717) is 0 Å². The van der Waals surface area contributed by atoms with Crippen molar-refractivity contribution in [3.8, 4) is 5.75 Å². The Morgan fingerprint density at radius 1 is 1.21 bits per heavy atom. The molecule has 5 nitrogen and oxygen atoms in total. The molecule has 122 valence electrons. The Morgan fingerprint density at radius 2 is 2.08 bits per heavy atom.